The van der Waals surface area contributed by atoms with Gasteiger partial charge in [0, 0.05) is 18.2 Å². The molecule has 0 aliphatic heterocycles. The van der Waals surface area contributed by atoms with Gasteiger partial charge < -0.3 is 4.74 Å². The fraction of sp³-hybridized carbons (Fsp3) is 0.200. The third kappa shape index (κ3) is 2.57. The molecule has 0 fully saturated rings. The van der Waals surface area contributed by atoms with Crippen molar-refractivity contribution in [2.45, 2.75) is 6.92 Å². The molecule has 0 N–H and O–H groups in total. The first-order valence-corrected chi connectivity index (χ1v) is 5.98. The van der Waals surface area contributed by atoms with Crippen LogP contribution >= 0.6 is 0 Å². The molecule has 0 aliphatic carbocycles. The highest BCUT2D eigenvalue weighted by atomic mass is 16.5. The first-order chi connectivity index (χ1) is 9.17. The van der Waals surface area contributed by atoms with E-state index < -0.39 is 0 Å². The highest BCUT2D eigenvalue weighted by molar-refractivity contribution is 5.82. The number of nitrogens with zero attached hydrogens (tertiary/aromatic N) is 2. The van der Waals surface area contributed by atoms with Gasteiger partial charge in [-0.1, -0.05) is 29.8 Å². The fourth-order valence-corrected chi connectivity index (χ4v) is 2.06. The van der Waals surface area contributed by atoms with Crippen molar-refractivity contribution in [3.05, 3.63) is 52.9 Å². The van der Waals surface area contributed by atoms with Crippen molar-refractivity contribution in [2.24, 2.45) is 5.29 Å². The van der Waals surface area contributed by atoms with Gasteiger partial charge in [-0.3, -0.25) is 0 Å². The molecule has 98 valence electrons. The standard InChI is InChI=1S/C15H16N2O2/c1-11-8-9-14(17(2)16-18)13(10-11)12-6-4-5-7-15(12)19-3/h4-10H,1-3H3. The van der Waals surface area contributed by atoms with E-state index in [2.05, 4.69) is 5.29 Å². The zero-order valence-electron chi connectivity index (χ0n) is 11.3. The molecule has 0 bridgehead atoms. The van der Waals surface area contributed by atoms with Crippen LogP contribution in [-0.4, -0.2) is 14.2 Å². The van der Waals surface area contributed by atoms with E-state index in [0.717, 1.165) is 28.1 Å². The number of ether oxygens (including phenoxy) is 1. The van der Waals surface area contributed by atoms with Gasteiger partial charge in [0.15, 0.2) is 0 Å². The van der Waals surface area contributed by atoms with Crippen LogP contribution in [0.1, 0.15) is 5.56 Å². The van der Waals surface area contributed by atoms with Gasteiger partial charge in [-0.05, 0) is 25.1 Å². The number of hydrogen-bond donors (Lipinski definition) is 0. The Bertz CT molecular complexity index is 596. The molecule has 0 radical (unpaired) electrons. The molecule has 2 aromatic rings. The van der Waals surface area contributed by atoms with Gasteiger partial charge in [-0.2, -0.15) is 0 Å². The van der Waals surface area contributed by atoms with Crippen LogP contribution in [0.5, 0.6) is 5.75 Å². The average Bonchev–Trinajstić information content (AvgIpc) is 2.46. The Hall–Kier alpha value is -2.36. The molecule has 0 amide bonds. The van der Waals surface area contributed by atoms with Crippen LogP contribution in [0.2, 0.25) is 0 Å². The maximum atomic E-state index is 10.8. The van der Waals surface area contributed by atoms with Crippen molar-refractivity contribution in [1.82, 2.24) is 0 Å². The molecule has 0 heterocycles. The molecule has 4 nitrogen and oxygen atoms in total. The minimum Gasteiger partial charge on any atom is -0.496 e. The van der Waals surface area contributed by atoms with Gasteiger partial charge in [0.05, 0.1) is 18.1 Å². The van der Waals surface area contributed by atoms with E-state index in [1.165, 1.54) is 5.01 Å². The fourth-order valence-electron chi connectivity index (χ4n) is 2.06. The number of anilines is 1. The predicted octanol–water partition coefficient (Wildman–Crippen LogP) is 3.79. The molecule has 0 unspecified atom stereocenters. The van der Waals surface area contributed by atoms with Crippen molar-refractivity contribution >= 4 is 5.69 Å². The van der Waals surface area contributed by atoms with E-state index in [4.69, 9.17) is 4.74 Å². The normalized spacial score (nSPS) is 10.1. The molecule has 0 atom stereocenters. The van der Waals surface area contributed by atoms with E-state index in [-0.39, 0.29) is 0 Å². The molecule has 0 saturated heterocycles. The van der Waals surface area contributed by atoms with Crippen LogP contribution < -0.4 is 9.75 Å². The second-order valence-electron chi connectivity index (χ2n) is 4.33. The molecule has 2 rings (SSSR count). The summed E-state index contributed by atoms with van der Waals surface area (Å²) in [6.07, 6.45) is 0. The summed E-state index contributed by atoms with van der Waals surface area (Å²) in [5.41, 5.74) is 3.74. The summed E-state index contributed by atoms with van der Waals surface area (Å²) in [4.78, 5) is 10.8. The highest BCUT2D eigenvalue weighted by Crippen LogP contribution is 2.36. The first-order valence-electron chi connectivity index (χ1n) is 5.98. The summed E-state index contributed by atoms with van der Waals surface area (Å²) in [5.74, 6) is 0.772. The third-order valence-corrected chi connectivity index (χ3v) is 3.02. The summed E-state index contributed by atoms with van der Waals surface area (Å²) in [7, 11) is 3.27. The summed E-state index contributed by atoms with van der Waals surface area (Å²) in [5, 5.41) is 4.29. The molecule has 0 aromatic heterocycles. The smallest absolute Gasteiger partial charge is 0.126 e. The van der Waals surface area contributed by atoms with E-state index in [0.29, 0.717) is 0 Å². The lowest BCUT2D eigenvalue weighted by Crippen LogP contribution is -2.08. The number of para-hydroxylation sites is 1. The maximum Gasteiger partial charge on any atom is 0.126 e. The third-order valence-electron chi connectivity index (χ3n) is 3.02. The second-order valence-corrected chi connectivity index (χ2v) is 4.33. The molecular formula is C15H16N2O2. The second kappa shape index (κ2) is 5.52. The van der Waals surface area contributed by atoms with Crippen LogP contribution in [0.15, 0.2) is 47.8 Å². The molecule has 0 spiro atoms. The predicted molar refractivity (Wildman–Crippen MR) is 77.4 cm³/mol. The minimum absolute atomic E-state index is 0.755. The SMILES string of the molecule is COc1ccccc1-c1cc(C)ccc1N(C)N=O. The van der Waals surface area contributed by atoms with Crippen molar-refractivity contribution in [3.8, 4) is 16.9 Å². The molecule has 4 heteroatoms. The number of hydrogen-bond acceptors (Lipinski definition) is 3. The van der Waals surface area contributed by atoms with Gasteiger partial charge in [0.1, 0.15) is 5.75 Å². The van der Waals surface area contributed by atoms with Crippen LogP contribution in [0.4, 0.5) is 5.69 Å². The number of aryl methyl sites for hydroxylation is 1. The summed E-state index contributed by atoms with van der Waals surface area (Å²) in [6.45, 7) is 2.01. The van der Waals surface area contributed by atoms with Crippen molar-refractivity contribution < 1.29 is 4.74 Å². The Morgan fingerprint density at radius 1 is 1.11 bits per heavy atom. The van der Waals surface area contributed by atoms with Crippen LogP contribution in [-0.2, 0) is 0 Å². The molecular weight excluding hydrogens is 240 g/mol. The van der Waals surface area contributed by atoms with Gasteiger partial charge in [0.25, 0.3) is 0 Å². The lowest BCUT2D eigenvalue weighted by molar-refractivity contribution is 0.416. The summed E-state index contributed by atoms with van der Waals surface area (Å²) >= 11 is 0. The van der Waals surface area contributed by atoms with Crippen molar-refractivity contribution in [1.29, 1.82) is 0 Å². The van der Waals surface area contributed by atoms with Gasteiger partial charge in [-0.25, -0.2) is 5.01 Å². The van der Waals surface area contributed by atoms with Crippen LogP contribution in [0.25, 0.3) is 11.1 Å². The van der Waals surface area contributed by atoms with E-state index in [9.17, 15) is 4.91 Å². The van der Waals surface area contributed by atoms with Crippen LogP contribution in [0, 0.1) is 11.8 Å². The van der Waals surface area contributed by atoms with E-state index >= 15 is 0 Å². The molecule has 19 heavy (non-hydrogen) atoms. The largest absolute Gasteiger partial charge is 0.496 e. The number of methoxy groups -OCH3 is 1. The maximum absolute atomic E-state index is 10.8. The highest BCUT2D eigenvalue weighted by Gasteiger charge is 2.13. The zero-order chi connectivity index (χ0) is 13.8. The quantitative estimate of drug-likeness (QED) is 0.617. The Balaban J connectivity index is 2.66. The Morgan fingerprint density at radius 2 is 1.84 bits per heavy atom. The van der Waals surface area contributed by atoms with E-state index in [1.807, 2.05) is 49.4 Å². The summed E-state index contributed by atoms with van der Waals surface area (Å²) < 4.78 is 5.38. The minimum atomic E-state index is 0.755. The number of nitroso groups, excluding NO2 is 1. The lowest BCUT2D eigenvalue weighted by atomic mass is 10.00. The number of benzene rings is 2. The number of rotatable bonds is 4. The Kier molecular flexibility index (Phi) is 3.80. The monoisotopic (exact) mass is 256 g/mol. The average molecular weight is 256 g/mol. The van der Waals surface area contributed by atoms with Gasteiger partial charge >= 0.3 is 0 Å². The van der Waals surface area contributed by atoms with Crippen LogP contribution in [0.3, 0.4) is 0 Å². The molecule has 0 aliphatic rings. The van der Waals surface area contributed by atoms with Crippen molar-refractivity contribution in [2.75, 3.05) is 19.2 Å². The Morgan fingerprint density at radius 3 is 2.53 bits per heavy atom. The molecule has 2 aromatic carbocycles. The summed E-state index contributed by atoms with van der Waals surface area (Å²) in [6, 6.07) is 13.6. The lowest BCUT2D eigenvalue weighted by Gasteiger charge is -2.17. The van der Waals surface area contributed by atoms with E-state index in [1.54, 1.807) is 14.2 Å². The topological polar surface area (TPSA) is 41.9 Å². The van der Waals surface area contributed by atoms with Gasteiger partial charge in [-0.15, -0.1) is 4.91 Å². The van der Waals surface area contributed by atoms with Crippen molar-refractivity contribution in [3.63, 3.8) is 0 Å². The Labute approximate surface area is 112 Å². The van der Waals surface area contributed by atoms with Gasteiger partial charge in [0.2, 0.25) is 0 Å². The molecule has 0 saturated carbocycles. The first kappa shape index (κ1) is 13.1. The zero-order valence-corrected chi connectivity index (χ0v) is 11.3.